The Balaban J connectivity index is 1.67. The predicted octanol–water partition coefficient (Wildman–Crippen LogP) is 1.01. The molecule has 2 rings (SSSR count). The molecule has 0 aliphatic heterocycles. The van der Waals surface area contributed by atoms with Crippen LogP contribution >= 0.6 is 0 Å². The van der Waals surface area contributed by atoms with Crippen molar-refractivity contribution in [2.45, 2.75) is 37.6 Å². The topological polar surface area (TPSA) is 68.0 Å². The van der Waals surface area contributed by atoms with Gasteiger partial charge < -0.3 is 11.1 Å². The molecule has 0 radical (unpaired) electrons. The number of amides is 1. The van der Waals surface area contributed by atoms with Crippen molar-refractivity contribution < 1.29 is 4.79 Å². The second-order valence-corrected chi connectivity index (χ2v) is 4.85. The highest BCUT2D eigenvalue weighted by molar-refractivity contribution is 5.76. The summed E-state index contributed by atoms with van der Waals surface area (Å²) in [6.45, 7) is 0.613. The number of nitrogens with two attached hydrogens (primary N) is 1. The Bertz CT molecular complexity index is 374. The Morgan fingerprint density at radius 2 is 2.12 bits per heavy atom. The van der Waals surface area contributed by atoms with E-state index in [1.807, 2.05) is 12.1 Å². The summed E-state index contributed by atoms with van der Waals surface area (Å²) in [6.07, 6.45) is 8.00. The van der Waals surface area contributed by atoms with E-state index in [0.29, 0.717) is 13.0 Å². The fraction of sp³-hybridized carbons (Fsp3) is 0.538. The molecule has 1 aliphatic carbocycles. The maximum Gasteiger partial charge on any atom is 0.220 e. The number of nitrogens with zero attached hydrogens (tertiary/aromatic N) is 1. The zero-order valence-electron chi connectivity index (χ0n) is 9.98. The van der Waals surface area contributed by atoms with E-state index in [1.54, 1.807) is 12.4 Å². The molecule has 0 unspecified atom stereocenters. The van der Waals surface area contributed by atoms with Crippen molar-refractivity contribution in [1.82, 2.24) is 10.3 Å². The van der Waals surface area contributed by atoms with Gasteiger partial charge in [0.05, 0.1) is 0 Å². The molecule has 1 saturated carbocycles. The SMILES string of the molecule is NC1(CNC(=O)CCc2ccncc2)CCC1. The third kappa shape index (κ3) is 3.53. The van der Waals surface area contributed by atoms with Crippen molar-refractivity contribution in [3.05, 3.63) is 30.1 Å². The number of carbonyl (C=O) groups is 1. The number of pyridine rings is 1. The number of nitrogens with one attached hydrogen (secondary N) is 1. The third-order valence-corrected chi connectivity index (χ3v) is 3.38. The largest absolute Gasteiger partial charge is 0.354 e. The standard InChI is InChI=1S/C13H19N3O/c14-13(6-1-7-13)10-16-12(17)3-2-11-4-8-15-9-5-11/h4-5,8-9H,1-3,6-7,10,14H2,(H,16,17). The summed E-state index contributed by atoms with van der Waals surface area (Å²) >= 11 is 0. The fourth-order valence-electron chi connectivity index (χ4n) is 1.98. The molecule has 1 aromatic heterocycles. The summed E-state index contributed by atoms with van der Waals surface area (Å²) in [7, 11) is 0. The molecule has 4 nitrogen and oxygen atoms in total. The van der Waals surface area contributed by atoms with Gasteiger partial charge in [-0.1, -0.05) is 0 Å². The van der Waals surface area contributed by atoms with Crippen LogP contribution in [0.3, 0.4) is 0 Å². The van der Waals surface area contributed by atoms with Crippen LogP contribution in [0.15, 0.2) is 24.5 Å². The average Bonchev–Trinajstić information content (AvgIpc) is 2.33. The lowest BCUT2D eigenvalue weighted by molar-refractivity contribution is -0.121. The maximum absolute atomic E-state index is 11.6. The predicted molar refractivity (Wildman–Crippen MR) is 66.3 cm³/mol. The summed E-state index contributed by atoms with van der Waals surface area (Å²) in [5.74, 6) is 0.0820. The Morgan fingerprint density at radius 1 is 1.41 bits per heavy atom. The molecule has 1 aromatic rings. The lowest BCUT2D eigenvalue weighted by atomic mass is 9.78. The Morgan fingerprint density at radius 3 is 2.71 bits per heavy atom. The normalized spacial score (nSPS) is 17.2. The van der Waals surface area contributed by atoms with Gasteiger partial charge in [-0.2, -0.15) is 0 Å². The van der Waals surface area contributed by atoms with Crippen molar-refractivity contribution >= 4 is 5.91 Å². The van der Waals surface area contributed by atoms with Crippen molar-refractivity contribution in [3.63, 3.8) is 0 Å². The second-order valence-electron chi connectivity index (χ2n) is 4.85. The summed E-state index contributed by atoms with van der Waals surface area (Å²) in [6, 6.07) is 3.87. The maximum atomic E-state index is 11.6. The van der Waals surface area contributed by atoms with Gasteiger partial charge in [0.1, 0.15) is 0 Å². The van der Waals surface area contributed by atoms with Gasteiger partial charge in [0.15, 0.2) is 0 Å². The molecule has 92 valence electrons. The molecule has 0 aromatic carbocycles. The van der Waals surface area contributed by atoms with Crippen molar-refractivity contribution in [1.29, 1.82) is 0 Å². The minimum absolute atomic E-state index is 0.0820. The van der Waals surface area contributed by atoms with Crippen LogP contribution in [0.4, 0.5) is 0 Å². The summed E-state index contributed by atoms with van der Waals surface area (Å²) < 4.78 is 0. The number of carbonyl (C=O) groups excluding carboxylic acids is 1. The molecule has 0 spiro atoms. The fourth-order valence-corrected chi connectivity index (χ4v) is 1.98. The first kappa shape index (κ1) is 12.0. The summed E-state index contributed by atoms with van der Waals surface area (Å²) in [4.78, 5) is 15.6. The highest BCUT2D eigenvalue weighted by Crippen LogP contribution is 2.27. The van der Waals surface area contributed by atoms with Gasteiger partial charge in [-0.25, -0.2) is 0 Å². The van der Waals surface area contributed by atoms with Crippen molar-refractivity contribution in [3.8, 4) is 0 Å². The van der Waals surface area contributed by atoms with Crippen LogP contribution in [0.2, 0.25) is 0 Å². The van der Waals surface area contributed by atoms with Gasteiger partial charge in [0.25, 0.3) is 0 Å². The summed E-state index contributed by atoms with van der Waals surface area (Å²) in [5.41, 5.74) is 7.04. The number of hydrogen-bond acceptors (Lipinski definition) is 3. The van der Waals surface area contributed by atoms with E-state index in [2.05, 4.69) is 10.3 Å². The Hall–Kier alpha value is -1.42. The van der Waals surface area contributed by atoms with Crippen LogP contribution < -0.4 is 11.1 Å². The van der Waals surface area contributed by atoms with E-state index in [4.69, 9.17) is 5.73 Å². The molecule has 1 fully saturated rings. The zero-order chi connectivity index (χ0) is 12.1. The number of aromatic nitrogens is 1. The van der Waals surface area contributed by atoms with Crippen LogP contribution in [-0.4, -0.2) is 23.0 Å². The Labute approximate surface area is 102 Å². The zero-order valence-corrected chi connectivity index (χ0v) is 9.98. The van der Waals surface area contributed by atoms with Crippen molar-refractivity contribution in [2.24, 2.45) is 5.73 Å². The molecule has 1 aliphatic rings. The third-order valence-electron chi connectivity index (χ3n) is 3.38. The molecular formula is C13H19N3O. The van der Waals surface area contributed by atoms with Crippen LogP contribution in [0.25, 0.3) is 0 Å². The van der Waals surface area contributed by atoms with E-state index in [-0.39, 0.29) is 11.4 Å². The van der Waals surface area contributed by atoms with E-state index in [9.17, 15) is 4.79 Å². The number of rotatable bonds is 5. The van der Waals surface area contributed by atoms with Crippen LogP contribution in [0.5, 0.6) is 0 Å². The average molecular weight is 233 g/mol. The molecule has 0 atom stereocenters. The smallest absolute Gasteiger partial charge is 0.220 e. The molecular weight excluding hydrogens is 214 g/mol. The first-order valence-corrected chi connectivity index (χ1v) is 6.12. The first-order valence-electron chi connectivity index (χ1n) is 6.12. The van der Waals surface area contributed by atoms with Crippen molar-refractivity contribution in [2.75, 3.05) is 6.54 Å². The highest BCUT2D eigenvalue weighted by atomic mass is 16.1. The van der Waals surface area contributed by atoms with Gasteiger partial charge >= 0.3 is 0 Å². The highest BCUT2D eigenvalue weighted by Gasteiger charge is 2.32. The molecule has 17 heavy (non-hydrogen) atoms. The minimum Gasteiger partial charge on any atom is -0.354 e. The molecule has 3 N–H and O–H groups in total. The van der Waals surface area contributed by atoms with Crippen LogP contribution in [0, 0.1) is 0 Å². The molecule has 4 heteroatoms. The van der Waals surface area contributed by atoms with E-state index in [1.165, 1.54) is 6.42 Å². The van der Waals surface area contributed by atoms with E-state index < -0.39 is 0 Å². The molecule has 0 bridgehead atoms. The van der Waals surface area contributed by atoms with E-state index >= 15 is 0 Å². The van der Waals surface area contributed by atoms with Crippen LogP contribution in [0.1, 0.15) is 31.2 Å². The van der Waals surface area contributed by atoms with Gasteiger partial charge in [-0.05, 0) is 43.4 Å². The lowest BCUT2D eigenvalue weighted by Gasteiger charge is -2.38. The summed E-state index contributed by atoms with van der Waals surface area (Å²) in [5, 5.41) is 2.92. The van der Waals surface area contributed by atoms with Crippen LogP contribution in [-0.2, 0) is 11.2 Å². The second kappa shape index (κ2) is 5.27. The molecule has 1 heterocycles. The lowest BCUT2D eigenvalue weighted by Crippen LogP contribution is -2.54. The van der Waals surface area contributed by atoms with Gasteiger partial charge in [0.2, 0.25) is 5.91 Å². The van der Waals surface area contributed by atoms with E-state index in [0.717, 1.165) is 24.8 Å². The number of aryl methyl sites for hydroxylation is 1. The number of hydrogen-bond donors (Lipinski definition) is 2. The van der Waals surface area contributed by atoms with Gasteiger partial charge in [-0.15, -0.1) is 0 Å². The Kier molecular flexibility index (Phi) is 3.74. The molecule has 1 amide bonds. The first-order chi connectivity index (χ1) is 8.18. The monoisotopic (exact) mass is 233 g/mol. The minimum atomic E-state index is -0.133. The molecule has 0 saturated heterocycles. The quantitative estimate of drug-likeness (QED) is 0.797. The van der Waals surface area contributed by atoms with Gasteiger partial charge in [-0.3, -0.25) is 9.78 Å². The van der Waals surface area contributed by atoms with Gasteiger partial charge in [0, 0.05) is 30.9 Å².